The molecule has 0 radical (unpaired) electrons. The minimum atomic E-state index is 0.120. The Bertz CT molecular complexity index is 788. The van der Waals surface area contributed by atoms with Crippen molar-refractivity contribution in [2.75, 3.05) is 26.2 Å². The largest absolute Gasteiger partial charge is 0.365 e. The van der Waals surface area contributed by atoms with E-state index in [2.05, 4.69) is 31.7 Å². The third kappa shape index (κ3) is 3.78. The molecular weight excluding hydrogens is 340 g/mol. The van der Waals surface area contributed by atoms with Gasteiger partial charge in [-0.15, -0.1) is 10.2 Å². The minimum Gasteiger partial charge on any atom is -0.365 e. The van der Waals surface area contributed by atoms with Crippen LogP contribution in [0, 0.1) is 6.92 Å². The minimum absolute atomic E-state index is 0.120. The molecule has 0 spiro atoms. The highest BCUT2D eigenvalue weighted by molar-refractivity contribution is 5.95. The quantitative estimate of drug-likeness (QED) is 0.897. The highest BCUT2D eigenvalue weighted by Crippen LogP contribution is 2.27. The lowest BCUT2D eigenvalue weighted by atomic mass is 9.96. The number of nitrogens with zero attached hydrogens (tertiary/aromatic N) is 5. The van der Waals surface area contributed by atoms with E-state index in [1.165, 1.54) is 19.3 Å². The van der Waals surface area contributed by atoms with Gasteiger partial charge in [0.05, 0.1) is 12.1 Å². The fraction of sp³-hybridized carbons (Fsp3) is 0.650. The summed E-state index contributed by atoms with van der Waals surface area (Å²) in [7, 11) is 2.08. The van der Waals surface area contributed by atoms with Crippen molar-refractivity contribution in [1.29, 1.82) is 0 Å². The number of aromatic nitrogens is 4. The first-order chi connectivity index (χ1) is 13.1. The molecule has 0 aromatic carbocycles. The second kappa shape index (κ2) is 7.84. The standard InChI is InChI=1S/C20H30N6O/c1-15-17(8-9-21-15)20(27)26-12-6-7-16(13-26)19-23-22-18(24(19)2)14-25-10-4-3-5-11-25/h8-9,16,21H,3-7,10-14H2,1-2H3. The van der Waals surface area contributed by atoms with E-state index >= 15 is 0 Å². The van der Waals surface area contributed by atoms with E-state index in [0.717, 1.165) is 68.5 Å². The van der Waals surface area contributed by atoms with Crippen molar-refractivity contribution in [2.24, 2.45) is 7.05 Å². The lowest BCUT2D eigenvalue weighted by Gasteiger charge is -2.32. The zero-order valence-corrected chi connectivity index (χ0v) is 16.4. The van der Waals surface area contributed by atoms with Crippen molar-refractivity contribution in [3.8, 4) is 0 Å². The normalized spacial score (nSPS) is 21.6. The predicted octanol–water partition coefficient (Wildman–Crippen LogP) is 2.46. The van der Waals surface area contributed by atoms with E-state index < -0.39 is 0 Å². The number of rotatable bonds is 4. The van der Waals surface area contributed by atoms with Crippen LogP contribution in [0.4, 0.5) is 0 Å². The van der Waals surface area contributed by atoms with Gasteiger partial charge in [-0.2, -0.15) is 0 Å². The number of aromatic amines is 1. The number of likely N-dealkylation sites (tertiary alicyclic amines) is 2. The van der Waals surface area contributed by atoms with Crippen LogP contribution in [0.3, 0.4) is 0 Å². The van der Waals surface area contributed by atoms with Crippen molar-refractivity contribution in [1.82, 2.24) is 29.5 Å². The maximum atomic E-state index is 12.9. The second-order valence-electron chi connectivity index (χ2n) is 7.98. The summed E-state index contributed by atoms with van der Waals surface area (Å²) in [5.41, 5.74) is 1.71. The number of piperidine rings is 2. The Labute approximate surface area is 160 Å². The summed E-state index contributed by atoms with van der Waals surface area (Å²) in [6, 6.07) is 1.88. The van der Waals surface area contributed by atoms with Gasteiger partial charge in [0.25, 0.3) is 5.91 Å². The Morgan fingerprint density at radius 1 is 1.19 bits per heavy atom. The topological polar surface area (TPSA) is 70.1 Å². The van der Waals surface area contributed by atoms with Gasteiger partial charge >= 0.3 is 0 Å². The maximum Gasteiger partial charge on any atom is 0.255 e. The summed E-state index contributed by atoms with van der Waals surface area (Å²) in [6.45, 7) is 6.68. The van der Waals surface area contributed by atoms with E-state index in [-0.39, 0.29) is 11.8 Å². The van der Waals surface area contributed by atoms with Crippen molar-refractivity contribution in [2.45, 2.75) is 51.5 Å². The summed E-state index contributed by atoms with van der Waals surface area (Å²) in [6.07, 6.45) is 7.80. The van der Waals surface area contributed by atoms with E-state index in [9.17, 15) is 4.79 Å². The van der Waals surface area contributed by atoms with Gasteiger partial charge in [0, 0.05) is 37.9 Å². The van der Waals surface area contributed by atoms with Gasteiger partial charge in [0.1, 0.15) is 11.6 Å². The van der Waals surface area contributed by atoms with E-state index in [1.54, 1.807) is 0 Å². The van der Waals surface area contributed by atoms with Gasteiger partial charge in [0.15, 0.2) is 0 Å². The average molecular weight is 371 g/mol. The first-order valence-electron chi connectivity index (χ1n) is 10.2. The number of hydrogen-bond acceptors (Lipinski definition) is 4. The molecule has 0 saturated carbocycles. The molecule has 1 atom stereocenters. The second-order valence-corrected chi connectivity index (χ2v) is 7.98. The summed E-state index contributed by atoms with van der Waals surface area (Å²) < 4.78 is 2.16. The summed E-state index contributed by atoms with van der Waals surface area (Å²) >= 11 is 0. The first kappa shape index (κ1) is 18.2. The first-order valence-corrected chi connectivity index (χ1v) is 10.2. The van der Waals surface area contributed by atoms with Crippen LogP contribution in [0.25, 0.3) is 0 Å². The van der Waals surface area contributed by atoms with Gasteiger partial charge in [-0.3, -0.25) is 9.69 Å². The molecule has 1 unspecified atom stereocenters. The Hall–Kier alpha value is -2.15. The number of carbonyl (C=O) groups is 1. The molecule has 4 heterocycles. The van der Waals surface area contributed by atoms with Crippen LogP contribution in [-0.2, 0) is 13.6 Å². The molecule has 1 amide bonds. The highest BCUT2D eigenvalue weighted by atomic mass is 16.2. The van der Waals surface area contributed by atoms with E-state index in [4.69, 9.17) is 0 Å². The monoisotopic (exact) mass is 370 g/mol. The smallest absolute Gasteiger partial charge is 0.255 e. The molecule has 1 N–H and O–H groups in total. The van der Waals surface area contributed by atoms with Gasteiger partial charge in [-0.25, -0.2) is 0 Å². The summed E-state index contributed by atoms with van der Waals surface area (Å²) in [5.74, 6) is 2.44. The van der Waals surface area contributed by atoms with Crippen LogP contribution in [-0.4, -0.2) is 61.6 Å². The van der Waals surface area contributed by atoms with Crippen molar-refractivity contribution >= 4 is 5.91 Å². The maximum absolute atomic E-state index is 12.9. The van der Waals surface area contributed by atoms with Gasteiger partial charge in [-0.05, 0) is 51.8 Å². The van der Waals surface area contributed by atoms with Gasteiger partial charge < -0.3 is 14.5 Å². The Morgan fingerprint density at radius 2 is 2.00 bits per heavy atom. The molecule has 2 saturated heterocycles. The number of nitrogens with one attached hydrogen (secondary N) is 1. The molecule has 4 rings (SSSR count). The van der Waals surface area contributed by atoms with Crippen molar-refractivity contribution in [3.63, 3.8) is 0 Å². The molecule has 2 aliphatic heterocycles. The zero-order chi connectivity index (χ0) is 18.8. The SMILES string of the molecule is Cc1[nH]ccc1C(=O)N1CCCC(c2nnc(CN3CCCCC3)n2C)C1. The van der Waals surface area contributed by atoms with E-state index in [1.807, 2.05) is 24.1 Å². The third-order valence-electron chi connectivity index (χ3n) is 6.07. The van der Waals surface area contributed by atoms with Crippen LogP contribution < -0.4 is 0 Å². The molecule has 2 aromatic heterocycles. The molecule has 0 bridgehead atoms. The molecule has 2 fully saturated rings. The number of aryl methyl sites for hydroxylation is 1. The number of H-pyrrole nitrogens is 1. The molecule has 146 valence electrons. The molecule has 7 nitrogen and oxygen atoms in total. The molecule has 27 heavy (non-hydrogen) atoms. The van der Waals surface area contributed by atoms with E-state index in [0.29, 0.717) is 0 Å². The highest BCUT2D eigenvalue weighted by Gasteiger charge is 2.29. The van der Waals surface area contributed by atoms with Crippen LogP contribution in [0.15, 0.2) is 12.3 Å². The van der Waals surface area contributed by atoms with Crippen LogP contribution in [0.2, 0.25) is 0 Å². The molecule has 0 aliphatic carbocycles. The molecule has 2 aliphatic rings. The fourth-order valence-electron chi connectivity index (χ4n) is 4.41. The third-order valence-corrected chi connectivity index (χ3v) is 6.07. The molecular formula is C20H30N6O. The van der Waals surface area contributed by atoms with Gasteiger partial charge in [0.2, 0.25) is 0 Å². The number of amides is 1. The Balaban J connectivity index is 1.45. The van der Waals surface area contributed by atoms with Crippen LogP contribution in [0.1, 0.15) is 65.7 Å². The average Bonchev–Trinajstić information content (AvgIpc) is 3.28. The van der Waals surface area contributed by atoms with Crippen molar-refractivity contribution in [3.05, 3.63) is 35.2 Å². The predicted molar refractivity (Wildman–Crippen MR) is 104 cm³/mol. The van der Waals surface area contributed by atoms with Gasteiger partial charge in [-0.1, -0.05) is 6.42 Å². The number of carbonyl (C=O) groups excluding carboxylic acids is 1. The summed E-state index contributed by atoms with van der Waals surface area (Å²) in [4.78, 5) is 20.4. The fourth-order valence-corrected chi connectivity index (χ4v) is 4.41. The Morgan fingerprint density at radius 3 is 2.74 bits per heavy atom. The zero-order valence-electron chi connectivity index (χ0n) is 16.4. The molecule has 2 aromatic rings. The Kier molecular flexibility index (Phi) is 5.29. The lowest BCUT2D eigenvalue weighted by Crippen LogP contribution is -2.40. The van der Waals surface area contributed by atoms with Crippen molar-refractivity contribution < 1.29 is 4.79 Å². The van der Waals surface area contributed by atoms with Crippen LogP contribution >= 0.6 is 0 Å². The molecule has 7 heteroatoms. The lowest BCUT2D eigenvalue weighted by molar-refractivity contribution is 0.0703. The van der Waals surface area contributed by atoms with Crippen LogP contribution in [0.5, 0.6) is 0 Å². The summed E-state index contributed by atoms with van der Waals surface area (Å²) in [5, 5.41) is 9.00. The number of hydrogen-bond donors (Lipinski definition) is 1.